The fraction of sp³-hybridized carbons (Fsp3) is 0.261. The first kappa shape index (κ1) is 25.2. The number of alkyl halides is 3. The van der Waals surface area contributed by atoms with Crippen LogP contribution in [0.2, 0.25) is 0 Å². The Hall–Kier alpha value is -3.47. The Bertz CT molecular complexity index is 1150. The average molecular weight is 493 g/mol. The number of para-hydroxylation sites is 2. The smallest absolute Gasteiger partial charge is 0.416 e. The van der Waals surface area contributed by atoms with Gasteiger partial charge in [-0.05, 0) is 37.3 Å². The second kappa shape index (κ2) is 11.1. The number of benzene rings is 2. The Balaban J connectivity index is 1.68. The third-order valence-electron chi connectivity index (χ3n) is 4.60. The summed E-state index contributed by atoms with van der Waals surface area (Å²) in [6.45, 7) is 5.93. The lowest BCUT2D eigenvalue weighted by Crippen LogP contribution is -2.16. The maximum atomic E-state index is 12.9. The van der Waals surface area contributed by atoms with Crippen LogP contribution in [-0.4, -0.2) is 33.5 Å². The molecule has 0 saturated carbocycles. The lowest BCUT2D eigenvalue weighted by atomic mass is 10.2. The Morgan fingerprint density at radius 1 is 1.21 bits per heavy atom. The van der Waals surface area contributed by atoms with Crippen molar-refractivity contribution < 1.29 is 27.4 Å². The fourth-order valence-electron chi connectivity index (χ4n) is 3.07. The molecule has 1 aromatic heterocycles. The number of nitrogens with one attached hydrogen (secondary N) is 1. The maximum absolute atomic E-state index is 12.9. The van der Waals surface area contributed by atoms with Gasteiger partial charge in [-0.3, -0.25) is 9.36 Å². The van der Waals surface area contributed by atoms with Crippen molar-refractivity contribution in [1.82, 2.24) is 14.8 Å². The molecule has 1 atom stereocenters. The Kier molecular flexibility index (Phi) is 8.21. The highest BCUT2D eigenvalue weighted by molar-refractivity contribution is 7.99. The molecule has 1 heterocycles. The van der Waals surface area contributed by atoms with Crippen molar-refractivity contribution in [3.05, 3.63) is 72.6 Å². The minimum absolute atomic E-state index is 0.0625. The molecule has 3 aromatic rings. The molecule has 7 nitrogen and oxygen atoms in total. The van der Waals surface area contributed by atoms with Gasteiger partial charge in [0.05, 0.1) is 18.4 Å². The highest BCUT2D eigenvalue weighted by atomic mass is 32.2. The quantitative estimate of drug-likeness (QED) is 0.303. The molecule has 34 heavy (non-hydrogen) atoms. The van der Waals surface area contributed by atoms with E-state index in [2.05, 4.69) is 22.1 Å². The molecule has 1 amide bonds. The molecule has 0 radical (unpaired) electrons. The highest BCUT2D eigenvalue weighted by Crippen LogP contribution is 2.32. The van der Waals surface area contributed by atoms with Crippen molar-refractivity contribution in [2.45, 2.75) is 30.9 Å². The lowest BCUT2D eigenvalue weighted by molar-refractivity contribution is -0.137. The van der Waals surface area contributed by atoms with Gasteiger partial charge in [-0.25, -0.2) is 0 Å². The Labute approximate surface area is 199 Å². The van der Waals surface area contributed by atoms with Crippen molar-refractivity contribution in [2.75, 3.05) is 18.2 Å². The molecule has 1 N–H and O–H groups in total. The maximum Gasteiger partial charge on any atom is 0.416 e. The summed E-state index contributed by atoms with van der Waals surface area (Å²) in [5, 5.41) is 11.3. The standard InChI is InChI=1S/C23H23F3N4O3S/c1-4-12-30-21(15(2)33-19-11-6-5-10-18(19)32-3)28-29-22(30)34-14-20(31)27-17-9-7-8-16(13-17)23(24,25)26/h4-11,13,15H,1,12,14H2,2-3H3,(H,27,31). The molecular weight excluding hydrogens is 469 g/mol. The van der Waals surface area contributed by atoms with Crippen LogP contribution < -0.4 is 14.8 Å². The minimum atomic E-state index is -4.49. The highest BCUT2D eigenvalue weighted by Gasteiger charge is 2.30. The van der Waals surface area contributed by atoms with Gasteiger partial charge in [0.15, 0.2) is 28.6 Å². The minimum Gasteiger partial charge on any atom is -0.493 e. The number of hydrogen-bond acceptors (Lipinski definition) is 6. The molecule has 0 saturated heterocycles. The SMILES string of the molecule is C=CCn1c(SCC(=O)Nc2cccc(C(F)(F)F)c2)nnc1C(C)Oc1ccccc1OC. The number of halogens is 3. The largest absolute Gasteiger partial charge is 0.493 e. The molecular formula is C23H23F3N4O3S. The third-order valence-corrected chi connectivity index (χ3v) is 5.57. The zero-order valence-corrected chi connectivity index (χ0v) is 19.3. The van der Waals surface area contributed by atoms with Crippen LogP contribution in [0.3, 0.4) is 0 Å². The Morgan fingerprint density at radius 3 is 2.62 bits per heavy atom. The monoisotopic (exact) mass is 492 g/mol. The zero-order chi connectivity index (χ0) is 24.7. The van der Waals surface area contributed by atoms with Crippen molar-refractivity contribution in [2.24, 2.45) is 0 Å². The van der Waals surface area contributed by atoms with E-state index in [4.69, 9.17) is 9.47 Å². The number of amides is 1. The zero-order valence-electron chi connectivity index (χ0n) is 18.5. The van der Waals surface area contributed by atoms with E-state index in [1.807, 2.05) is 19.1 Å². The number of anilines is 1. The molecule has 1 unspecified atom stereocenters. The van der Waals surface area contributed by atoms with Crippen molar-refractivity contribution in [1.29, 1.82) is 0 Å². The van der Waals surface area contributed by atoms with E-state index in [0.717, 1.165) is 23.9 Å². The van der Waals surface area contributed by atoms with E-state index in [0.29, 0.717) is 29.0 Å². The van der Waals surface area contributed by atoms with Crippen LogP contribution in [0.4, 0.5) is 18.9 Å². The number of carbonyl (C=O) groups excluding carboxylic acids is 1. The molecule has 0 aliphatic rings. The number of allylic oxidation sites excluding steroid dienone is 1. The summed E-state index contributed by atoms with van der Waals surface area (Å²) in [5.41, 5.74) is -0.773. The number of rotatable bonds is 10. The first-order valence-corrected chi connectivity index (χ1v) is 11.1. The van der Waals surface area contributed by atoms with E-state index >= 15 is 0 Å². The van der Waals surface area contributed by atoms with Crippen molar-refractivity contribution >= 4 is 23.4 Å². The van der Waals surface area contributed by atoms with Gasteiger partial charge in [-0.2, -0.15) is 13.2 Å². The molecule has 2 aromatic carbocycles. The normalized spacial score (nSPS) is 12.1. The summed E-state index contributed by atoms with van der Waals surface area (Å²) >= 11 is 1.10. The molecule has 3 rings (SSSR count). The van der Waals surface area contributed by atoms with E-state index < -0.39 is 23.8 Å². The van der Waals surface area contributed by atoms with Gasteiger partial charge < -0.3 is 14.8 Å². The molecule has 0 aliphatic carbocycles. The number of carbonyl (C=O) groups is 1. The van der Waals surface area contributed by atoms with E-state index in [1.165, 1.54) is 12.1 Å². The average Bonchev–Trinajstić information content (AvgIpc) is 3.20. The molecule has 180 valence electrons. The molecule has 0 bridgehead atoms. The van der Waals surface area contributed by atoms with Gasteiger partial charge in [0.2, 0.25) is 5.91 Å². The summed E-state index contributed by atoms with van der Waals surface area (Å²) in [7, 11) is 1.55. The van der Waals surface area contributed by atoms with Crippen LogP contribution in [0.15, 0.2) is 66.3 Å². The Morgan fingerprint density at radius 2 is 1.94 bits per heavy atom. The van der Waals surface area contributed by atoms with Gasteiger partial charge in [0, 0.05) is 12.2 Å². The number of ether oxygens (including phenoxy) is 2. The summed E-state index contributed by atoms with van der Waals surface area (Å²) in [6, 6.07) is 11.7. The van der Waals surface area contributed by atoms with Gasteiger partial charge in [-0.15, -0.1) is 16.8 Å². The van der Waals surface area contributed by atoms with E-state index in [1.54, 1.807) is 29.9 Å². The summed E-state index contributed by atoms with van der Waals surface area (Å²) in [6.07, 6.45) is -3.32. The topological polar surface area (TPSA) is 78.3 Å². The number of methoxy groups -OCH3 is 1. The predicted molar refractivity (Wildman–Crippen MR) is 123 cm³/mol. The summed E-state index contributed by atoms with van der Waals surface area (Å²) in [5.74, 6) is 1.09. The summed E-state index contributed by atoms with van der Waals surface area (Å²) in [4.78, 5) is 12.3. The number of aromatic nitrogens is 3. The second-order valence-corrected chi connectivity index (χ2v) is 8.01. The van der Waals surface area contributed by atoms with Crippen molar-refractivity contribution in [3.8, 4) is 11.5 Å². The van der Waals surface area contributed by atoms with Gasteiger partial charge in [0.25, 0.3) is 0 Å². The van der Waals surface area contributed by atoms with Gasteiger partial charge >= 0.3 is 6.18 Å². The molecule has 0 fully saturated rings. The molecule has 0 aliphatic heterocycles. The van der Waals surface area contributed by atoms with Crippen LogP contribution in [0.25, 0.3) is 0 Å². The lowest BCUT2D eigenvalue weighted by Gasteiger charge is -2.17. The second-order valence-electron chi connectivity index (χ2n) is 7.07. The van der Waals surface area contributed by atoms with Crippen LogP contribution in [-0.2, 0) is 17.5 Å². The van der Waals surface area contributed by atoms with E-state index in [-0.39, 0.29) is 11.4 Å². The van der Waals surface area contributed by atoms with Crippen LogP contribution in [0, 0.1) is 0 Å². The van der Waals surface area contributed by atoms with Crippen LogP contribution in [0.1, 0.15) is 24.4 Å². The van der Waals surface area contributed by atoms with E-state index in [9.17, 15) is 18.0 Å². The number of nitrogens with zero attached hydrogens (tertiary/aromatic N) is 3. The first-order chi connectivity index (χ1) is 16.2. The number of thioether (sulfide) groups is 1. The molecule has 0 spiro atoms. The summed E-state index contributed by atoms with van der Waals surface area (Å²) < 4.78 is 51.7. The van der Waals surface area contributed by atoms with Crippen LogP contribution in [0.5, 0.6) is 11.5 Å². The first-order valence-electron chi connectivity index (χ1n) is 10.2. The predicted octanol–water partition coefficient (Wildman–Crippen LogP) is 5.36. The van der Waals surface area contributed by atoms with Crippen LogP contribution >= 0.6 is 11.8 Å². The van der Waals surface area contributed by atoms with Gasteiger partial charge in [-0.1, -0.05) is 36.0 Å². The number of hydrogen-bond donors (Lipinski definition) is 1. The third kappa shape index (κ3) is 6.31. The van der Waals surface area contributed by atoms with Crippen molar-refractivity contribution in [3.63, 3.8) is 0 Å². The van der Waals surface area contributed by atoms with Gasteiger partial charge in [0.1, 0.15) is 0 Å². The molecule has 11 heteroatoms. The fourth-order valence-corrected chi connectivity index (χ4v) is 3.82.